The third kappa shape index (κ3) is 4.05. The quantitative estimate of drug-likeness (QED) is 0.755. The van der Waals surface area contributed by atoms with Crippen LogP contribution in [-0.4, -0.2) is 17.1 Å². The number of rotatable bonds is 5. The van der Waals surface area contributed by atoms with Gasteiger partial charge in [0.05, 0.1) is 0 Å². The van der Waals surface area contributed by atoms with E-state index in [0.29, 0.717) is 6.42 Å². The van der Waals surface area contributed by atoms with Crippen molar-refractivity contribution in [1.29, 1.82) is 0 Å². The van der Waals surface area contributed by atoms with Crippen LogP contribution in [0.25, 0.3) is 0 Å². The maximum absolute atomic E-state index is 10.3. The third-order valence-corrected chi connectivity index (χ3v) is 2.67. The first kappa shape index (κ1) is 10.2. The van der Waals surface area contributed by atoms with E-state index in [2.05, 4.69) is 0 Å². The molecule has 72 valence electrons. The molecule has 1 atom stereocenters. The highest BCUT2D eigenvalue weighted by atomic mass is 32.1. The van der Waals surface area contributed by atoms with Crippen molar-refractivity contribution in [3.63, 3.8) is 0 Å². The molecule has 1 rings (SSSR count). The van der Waals surface area contributed by atoms with E-state index in [1.165, 1.54) is 4.88 Å². The van der Waals surface area contributed by atoms with Gasteiger partial charge in [-0.2, -0.15) is 0 Å². The van der Waals surface area contributed by atoms with Crippen LogP contribution in [0.4, 0.5) is 0 Å². The molecule has 0 unspecified atom stereocenters. The fourth-order valence-electron chi connectivity index (χ4n) is 1.10. The molecule has 0 fully saturated rings. The van der Waals surface area contributed by atoms with Crippen LogP contribution < -0.4 is 5.73 Å². The Kier molecular flexibility index (Phi) is 3.92. The summed E-state index contributed by atoms with van der Waals surface area (Å²) in [7, 11) is 0. The SMILES string of the molecule is N[C@H](CCC(=O)O)Cc1cccs1. The van der Waals surface area contributed by atoms with E-state index in [1.807, 2.05) is 17.5 Å². The van der Waals surface area contributed by atoms with E-state index in [0.717, 1.165) is 6.42 Å². The van der Waals surface area contributed by atoms with E-state index >= 15 is 0 Å². The van der Waals surface area contributed by atoms with E-state index in [1.54, 1.807) is 11.3 Å². The van der Waals surface area contributed by atoms with Crippen LogP contribution in [0.5, 0.6) is 0 Å². The Labute approximate surface area is 81.2 Å². The number of hydrogen-bond acceptors (Lipinski definition) is 3. The zero-order valence-corrected chi connectivity index (χ0v) is 8.09. The van der Waals surface area contributed by atoms with Gasteiger partial charge in [-0.3, -0.25) is 4.79 Å². The van der Waals surface area contributed by atoms with E-state index in [9.17, 15) is 4.79 Å². The summed E-state index contributed by atoms with van der Waals surface area (Å²) in [5, 5.41) is 10.4. The maximum atomic E-state index is 10.3. The molecule has 3 nitrogen and oxygen atoms in total. The summed E-state index contributed by atoms with van der Waals surface area (Å²) in [6.07, 6.45) is 1.49. The van der Waals surface area contributed by atoms with Crippen molar-refractivity contribution in [3.8, 4) is 0 Å². The normalized spacial score (nSPS) is 12.7. The first-order valence-corrected chi connectivity index (χ1v) is 5.06. The number of aliphatic carboxylic acids is 1. The van der Waals surface area contributed by atoms with Crippen molar-refractivity contribution < 1.29 is 9.90 Å². The zero-order chi connectivity index (χ0) is 9.68. The fourth-order valence-corrected chi connectivity index (χ4v) is 1.90. The standard InChI is InChI=1S/C9H13NO2S/c10-7(3-4-9(11)12)6-8-2-1-5-13-8/h1-2,5,7H,3-4,6,10H2,(H,11,12)/t7-/m1/s1. The summed E-state index contributed by atoms with van der Waals surface area (Å²) in [6, 6.07) is 3.96. The summed E-state index contributed by atoms with van der Waals surface area (Å²) < 4.78 is 0. The lowest BCUT2D eigenvalue weighted by molar-refractivity contribution is -0.137. The lowest BCUT2D eigenvalue weighted by Gasteiger charge is -2.07. The minimum absolute atomic E-state index is 0.0326. The van der Waals surface area contributed by atoms with Gasteiger partial charge in [-0.1, -0.05) is 6.07 Å². The Morgan fingerprint density at radius 1 is 1.69 bits per heavy atom. The minimum atomic E-state index is -0.776. The van der Waals surface area contributed by atoms with E-state index in [-0.39, 0.29) is 12.5 Å². The minimum Gasteiger partial charge on any atom is -0.481 e. The zero-order valence-electron chi connectivity index (χ0n) is 7.27. The molecule has 3 N–H and O–H groups in total. The molecule has 0 aromatic carbocycles. The molecular weight excluding hydrogens is 186 g/mol. The van der Waals surface area contributed by atoms with Crippen molar-refractivity contribution in [2.45, 2.75) is 25.3 Å². The lowest BCUT2D eigenvalue weighted by Crippen LogP contribution is -2.23. The third-order valence-electron chi connectivity index (χ3n) is 1.77. The molecule has 0 bridgehead atoms. The second kappa shape index (κ2) is 4.99. The molecule has 1 heterocycles. The van der Waals surface area contributed by atoms with Gasteiger partial charge in [-0.15, -0.1) is 11.3 Å². The molecule has 0 aliphatic rings. The summed E-state index contributed by atoms with van der Waals surface area (Å²) in [4.78, 5) is 11.5. The van der Waals surface area contributed by atoms with E-state index < -0.39 is 5.97 Å². The van der Waals surface area contributed by atoms with Gasteiger partial charge in [-0.25, -0.2) is 0 Å². The number of carbonyl (C=O) groups is 1. The second-order valence-electron chi connectivity index (χ2n) is 2.98. The first-order chi connectivity index (χ1) is 6.18. The van der Waals surface area contributed by atoms with Crippen LogP contribution in [0.2, 0.25) is 0 Å². The molecule has 0 spiro atoms. The largest absolute Gasteiger partial charge is 0.481 e. The molecule has 13 heavy (non-hydrogen) atoms. The molecule has 1 aromatic heterocycles. The molecule has 4 heteroatoms. The summed E-state index contributed by atoms with van der Waals surface area (Å²) >= 11 is 1.66. The molecular formula is C9H13NO2S. The van der Waals surface area contributed by atoms with Gasteiger partial charge < -0.3 is 10.8 Å². The van der Waals surface area contributed by atoms with Crippen LogP contribution in [0.1, 0.15) is 17.7 Å². The number of thiophene rings is 1. The molecule has 0 amide bonds. The Morgan fingerprint density at radius 3 is 3.00 bits per heavy atom. The van der Waals surface area contributed by atoms with Crippen LogP contribution in [0.3, 0.4) is 0 Å². The van der Waals surface area contributed by atoms with Crippen molar-refractivity contribution >= 4 is 17.3 Å². The van der Waals surface area contributed by atoms with Crippen LogP contribution in [-0.2, 0) is 11.2 Å². The van der Waals surface area contributed by atoms with Crippen molar-refractivity contribution in [2.75, 3.05) is 0 Å². The summed E-state index contributed by atoms with van der Waals surface area (Å²) in [5.74, 6) is -0.776. The molecule has 0 aliphatic heterocycles. The van der Waals surface area contributed by atoms with Crippen molar-refractivity contribution in [1.82, 2.24) is 0 Å². The highest BCUT2D eigenvalue weighted by Gasteiger charge is 2.06. The average Bonchev–Trinajstić information content (AvgIpc) is 2.53. The van der Waals surface area contributed by atoms with Gasteiger partial charge in [0.1, 0.15) is 0 Å². The summed E-state index contributed by atoms with van der Waals surface area (Å²) in [5.41, 5.74) is 5.76. The lowest BCUT2D eigenvalue weighted by atomic mass is 10.1. The Hall–Kier alpha value is -0.870. The molecule has 1 aromatic rings. The summed E-state index contributed by atoms with van der Waals surface area (Å²) in [6.45, 7) is 0. The Balaban J connectivity index is 2.25. The van der Waals surface area contributed by atoms with Gasteiger partial charge >= 0.3 is 5.97 Å². The van der Waals surface area contributed by atoms with E-state index in [4.69, 9.17) is 10.8 Å². The molecule has 0 saturated heterocycles. The fraction of sp³-hybridized carbons (Fsp3) is 0.444. The Morgan fingerprint density at radius 2 is 2.46 bits per heavy atom. The van der Waals surface area contributed by atoms with Crippen molar-refractivity contribution in [3.05, 3.63) is 22.4 Å². The Bertz CT molecular complexity index is 259. The van der Waals surface area contributed by atoms with Gasteiger partial charge in [-0.05, 0) is 24.3 Å². The molecule has 0 saturated carbocycles. The number of nitrogens with two attached hydrogens (primary N) is 1. The van der Waals surface area contributed by atoms with Gasteiger partial charge in [0.25, 0.3) is 0 Å². The average molecular weight is 199 g/mol. The van der Waals surface area contributed by atoms with Crippen LogP contribution in [0.15, 0.2) is 17.5 Å². The second-order valence-corrected chi connectivity index (χ2v) is 4.01. The van der Waals surface area contributed by atoms with Crippen LogP contribution in [0, 0.1) is 0 Å². The van der Waals surface area contributed by atoms with Crippen molar-refractivity contribution in [2.24, 2.45) is 5.73 Å². The highest BCUT2D eigenvalue weighted by Crippen LogP contribution is 2.12. The smallest absolute Gasteiger partial charge is 0.303 e. The predicted octanol–water partition coefficient (Wildman–Crippen LogP) is 1.48. The predicted molar refractivity (Wildman–Crippen MR) is 52.9 cm³/mol. The topological polar surface area (TPSA) is 63.3 Å². The highest BCUT2D eigenvalue weighted by molar-refractivity contribution is 7.09. The van der Waals surface area contributed by atoms with Gasteiger partial charge in [0.2, 0.25) is 0 Å². The van der Waals surface area contributed by atoms with Crippen LogP contribution >= 0.6 is 11.3 Å². The first-order valence-electron chi connectivity index (χ1n) is 4.18. The number of carboxylic acids is 1. The number of hydrogen-bond donors (Lipinski definition) is 2. The maximum Gasteiger partial charge on any atom is 0.303 e. The number of carboxylic acid groups (broad SMARTS) is 1. The molecule has 0 radical (unpaired) electrons. The van der Waals surface area contributed by atoms with Gasteiger partial charge in [0.15, 0.2) is 0 Å². The monoisotopic (exact) mass is 199 g/mol. The molecule has 0 aliphatic carbocycles. The van der Waals surface area contributed by atoms with Gasteiger partial charge in [0, 0.05) is 17.3 Å².